The Kier molecular flexibility index (Phi) is 18.4. The van der Waals surface area contributed by atoms with Crippen LogP contribution in [0.3, 0.4) is 0 Å². The Morgan fingerprint density at radius 3 is 1.14 bits per heavy atom. The van der Waals surface area contributed by atoms with E-state index in [1.54, 1.807) is 0 Å². The van der Waals surface area contributed by atoms with Crippen LogP contribution in [0.5, 0.6) is 0 Å². The second kappa shape index (κ2) is 21.6. The number of hydrogen-bond acceptors (Lipinski definition) is 8. The van der Waals surface area contributed by atoms with E-state index in [2.05, 4.69) is 55.7 Å². The molecule has 3 aromatic rings. The summed E-state index contributed by atoms with van der Waals surface area (Å²) in [6.07, 6.45) is 24.7. The number of halogens is 2. The van der Waals surface area contributed by atoms with E-state index in [0.29, 0.717) is 34.3 Å². The molecule has 0 N–H and O–H groups in total. The summed E-state index contributed by atoms with van der Waals surface area (Å²) in [4.78, 5) is 34.7. The zero-order valence-corrected chi connectivity index (χ0v) is 31.5. The third-order valence-electron chi connectivity index (χ3n) is 7.88. The SMILES string of the molecule is CCCCCCCCCCCCOC(=O)c1nc2c(Br)c3sc(C(=O)OCCCCCCCCCCCC)nc3c(Br)c2s1. The molecule has 0 spiro atoms. The molecule has 0 aliphatic heterocycles. The smallest absolute Gasteiger partial charge is 0.367 e. The Bertz CT molecular complexity index is 1140. The Hall–Kier alpha value is -1.10. The molecule has 10 heteroatoms. The fourth-order valence-electron chi connectivity index (χ4n) is 5.26. The molecule has 0 radical (unpaired) electrons. The first kappa shape index (κ1) is 37.4. The van der Waals surface area contributed by atoms with Crippen LogP contribution in [-0.2, 0) is 9.47 Å². The highest BCUT2D eigenvalue weighted by Crippen LogP contribution is 2.44. The maximum absolute atomic E-state index is 12.7. The van der Waals surface area contributed by atoms with Crippen molar-refractivity contribution in [3.63, 3.8) is 0 Å². The molecule has 3 rings (SSSR count). The third-order valence-corrected chi connectivity index (χ3v) is 12.1. The monoisotopic (exact) mass is 772 g/mol. The summed E-state index contributed by atoms with van der Waals surface area (Å²) in [6, 6.07) is 0. The van der Waals surface area contributed by atoms with Crippen molar-refractivity contribution in [2.24, 2.45) is 0 Å². The van der Waals surface area contributed by atoms with Gasteiger partial charge in [0.2, 0.25) is 10.0 Å². The molecule has 0 atom stereocenters. The van der Waals surface area contributed by atoms with Crippen LogP contribution in [0, 0.1) is 0 Å². The van der Waals surface area contributed by atoms with Gasteiger partial charge in [-0.05, 0) is 44.7 Å². The molecule has 0 bridgehead atoms. The molecule has 0 aliphatic carbocycles. The molecule has 0 fully saturated rings. The maximum atomic E-state index is 12.7. The first-order valence-corrected chi connectivity index (χ1v) is 20.1. The molecule has 2 heterocycles. The molecule has 0 saturated carbocycles. The van der Waals surface area contributed by atoms with Crippen molar-refractivity contribution in [3.05, 3.63) is 19.0 Å². The van der Waals surface area contributed by atoms with Crippen LogP contribution < -0.4 is 0 Å². The number of carbonyl (C=O) groups excluding carboxylic acids is 2. The summed E-state index contributed by atoms with van der Waals surface area (Å²) in [5, 5.41) is 0.643. The van der Waals surface area contributed by atoms with Crippen molar-refractivity contribution in [3.8, 4) is 0 Å². The van der Waals surface area contributed by atoms with Gasteiger partial charge in [-0.2, -0.15) is 0 Å². The highest BCUT2D eigenvalue weighted by molar-refractivity contribution is 9.11. The molecule has 0 saturated heterocycles. The molecular weight excluding hydrogens is 724 g/mol. The number of hydrogen-bond donors (Lipinski definition) is 0. The largest absolute Gasteiger partial charge is 0.460 e. The number of unbranched alkanes of at least 4 members (excludes halogenated alkanes) is 18. The predicted octanol–water partition coefficient (Wildman–Crippen LogP) is 12.6. The lowest BCUT2D eigenvalue weighted by molar-refractivity contribution is 0.0488. The molecular formula is C34H50Br2N2O4S2. The van der Waals surface area contributed by atoms with Crippen molar-refractivity contribution in [1.29, 1.82) is 0 Å². The number of aromatic nitrogens is 2. The van der Waals surface area contributed by atoms with Gasteiger partial charge in [0.1, 0.15) is 0 Å². The fraction of sp³-hybridized carbons (Fsp3) is 0.706. The van der Waals surface area contributed by atoms with Gasteiger partial charge in [0.25, 0.3) is 0 Å². The number of esters is 2. The van der Waals surface area contributed by atoms with Gasteiger partial charge < -0.3 is 9.47 Å². The predicted molar refractivity (Wildman–Crippen MR) is 192 cm³/mol. The number of thiazole rings is 2. The van der Waals surface area contributed by atoms with E-state index in [9.17, 15) is 9.59 Å². The molecule has 1 aromatic carbocycles. The summed E-state index contributed by atoms with van der Waals surface area (Å²) in [7, 11) is 0. The second-order valence-electron chi connectivity index (χ2n) is 11.7. The summed E-state index contributed by atoms with van der Waals surface area (Å²) < 4.78 is 14.1. The highest BCUT2D eigenvalue weighted by Gasteiger charge is 2.24. The lowest BCUT2D eigenvalue weighted by atomic mass is 10.1. The van der Waals surface area contributed by atoms with Gasteiger partial charge in [-0.1, -0.05) is 129 Å². The molecule has 44 heavy (non-hydrogen) atoms. The number of fused-ring (bicyclic) bond motifs is 2. The van der Waals surface area contributed by atoms with Gasteiger partial charge in [0.15, 0.2) is 0 Å². The number of rotatable bonds is 24. The Morgan fingerprint density at radius 2 is 0.818 bits per heavy atom. The minimum Gasteiger partial charge on any atom is -0.460 e. The summed E-state index contributed by atoms with van der Waals surface area (Å²) in [5.74, 6) is -0.790. The van der Waals surface area contributed by atoms with Gasteiger partial charge in [-0.25, -0.2) is 19.6 Å². The zero-order chi connectivity index (χ0) is 31.6. The second-order valence-corrected chi connectivity index (χ2v) is 15.2. The van der Waals surface area contributed by atoms with Crippen LogP contribution in [0.1, 0.15) is 162 Å². The van der Waals surface area contributed by atoms with E-state index >= 15 is 0 Å². The number of carbonyl (C=O) groups is 2. The molecule has 6 nitrogen and oxygen atoms in total. The lowest BCUT2D eigenvalue weighted by Gasteiger charge is -2.03. The Labute approximate surface area is 288 Å². The zero-order valence-electron chi connectivity index (χ0n) is 26.7. The van der Waals surface area contributed by atoms with Crippen LogP contribution in [-0.4, -0.2) is 35.1 Å². The van der Waals surface area contributed by atoms with Crippen LogP contribution >= 0.6 is 54.5 Å². The molecule has 0 amide bonds. The van der Waals surface area contributed by atoms with Crippen LogP contribution in [0.15, 0.2) is 8.95 Å². The minimum atomic E-state index is -0.395. The Morgan fingerprint density at radius 1 is 0.523 bits per heavy atom. The maximum Gasteiger partial charge on any atom is 0.367 e. The minimum absolute atomic E-state index is 0.322. The Balaban J connectivity index is 1.41. The first-order chi connectivity index (χ1) is 21.5. The molecule has 0 aliphatic rings. The normalized spacial score (nSPS) is 11.5. The van der Waals surface area contributed by atoms with Crippen molar-refractivity contribution >= 4 is 86.9 Å². The topological polar surface area (TPSA) is 78.4 Å². The van der Waals surface area contributed by atoms with Gasteiger partial charge >= 0.3 is 11.9 Å². The number of nitrogens with zero attached hydrogens (tertiary/aromatic N) is 2. The van der Waals surface area contributed by atoms with Gasteiger partial charge in [-0.3, -0.25) is 0 Å². The van der Waals surface area contributed by atoms with E-state index in [0.717, 1.165) is 44.0 Å². The van der Waals surface area contributed by atoms with Crippen LogP contribution in [0.25, 0.3) is 20.4 Å². The first-order valence-electron chi connectivity index (χ1n) is 16.9. The number of ether oxygens (including phenoxy) is 2. The van der Waals surface area contributed by atoms with E-state index in [1.165, 1.54) is 125 Å². The highest BCUT2D eigenvalue weighted by atomic mass is 79.9. The molecule has 0 unspecified atom stereocenters. The van der Waals surface area contributed by atoms with E-state index in [1.807, 2.05) is 0 Å². The lowest BCUT2D eigenvalue weighted by Crippen LogP contribution is -2.06. The summed E-state index contributed by atoms with van der Waals surface area (Å²) in [5.41, 5.74) is 1.32. The van der Waals surface area contributed by atoms with Crippen molar-refractivity contribution in [2.75, 3.05) is 13.2 Å². The van der Waals surface area contributed by atoms with Crippen molar-refractivity contribution < 1.29 is 19.1 Å². The average molecular weight is 775 g/mol. The van der Waals surface area contributed by atoms with Crippen molar-refractivity contribution in [1.82, 2.24) is 9.97 Å². The van der Waals surface area contributed by atoms with Crippen LogP contribution in [0.4, 0.5) is 0 Å². The molecule has 246 valence electrons. The van der Waals surface area contributed by atoms with Crippen LogP contribution in [0.2, 0.25) is 0 Å². The quantitative estimate of drug-likeness (QED) is 0.0666. The number of benzene rings is 1. The third kappa shape index (κ3) is 12.3. The van der Waals surface area contributed by atoms with Gasteiger partial charge in [-0.15, -0.1) is 22.7 Å². The fourth-order valence-corrected chi connectivity index (χ4v) is 8.76. The van der Waals surface area contributed by atoms with E-state index in [4.69, 9.17) is 9.47 Å². The summed E-state index contributed by atoms with van der Waals surface area (Å²) in [6.45, 7) is 5.32. The molecule has 2 aromatic heterocycles. The standard InChI is InChI=1S/C34H50Br2N2O4S2/c1-3-5-7-9-11-13-15-17-19-21-23-41-33(39)31-37-27-25(35)30-28(26(36)29(27)43-31)38-32(44-30)34(40)42-24-22-20-18-16-14-12-10-8-6-4-2/h3-24H2,1-2H3. The van der Waals surface area contributed by atoms with E-state index in [-0.39, 0.29) is 0 Å². The van der Waals surface area contributed by atoms with E-state index < -0.39 is 11.9 Å². The van der Waals surface area contributed by atoms with Crippen molar-refractivity contribution in [2.45, 2.75) is 142 Å². The van der Waals surface area contributed by atoms with Gasteiger partial charge in [0, 0.05) is 0 Å². The summed E-state index contributed by atoms with van der Waals surface area (Å²) >= 11 is 9.86. The average Bonchev–Trinajstić information content (AvgIpc) is 3.68. The van der Waals surface area contributed by atoms with Gasteiger partial charge in [0.05, 0.1) is 42.6 Å².